The van der Waals surface area contributed by atoms with Crippen LogP contribution in [0.1, 0.15) is 578 Å². The monoisotopic (exact) mass is 1870 g/mol. The molecule has 9 heterocycles. The van der Waals surface area contributed by atoms with Crippen LogP contribution in [-0.2, 0) is 59.1 Å². The van der Waals surface area contributed by atoms with Gasteiger partial charge in [0.2, 0.25) is 0 Å². The summed E-state index contributed by atoms with van der Waals surface area (Å²) in [6.07, 6.45) is 80.7. The van der Waals surface area contributed by atoms with Crippen LogP contribution in [-0.4, -0.2) is 64.1 Å². The first-order valence-electron chi connectivity index (χ1n) is 56.4. The number of aryl methyl sites for hydroxylation is 2. The third kappa shape index (κ3) is 27.3. The number of rotatable bonds is 74. The maximum atomic E-state index is 14.3. The van der Waals surface area contributed by atoms with E-state index in [0.29, 0.717) is 65.2 Å². The zero-order valence-electron chi connectivity index (χ0n) is 88.1. The van der Waals surface area contributed by atoms with Crippen molar-refractivity contribution >= 4 is 21.9 Å². The quantitative estimate of drug-likeness (QED) is 0.0366. The molecular formula is C115H205O12P3. The Morgan fingerprint density at radius 3 is 0.777 bits per heavy atom. The number of fused-ring (bicyclic) bond motifs is 1. The maximum absolute atomic E-state index is 14.3. The van der Waals surface area contributed by atoms with Crippen LogP contribution >= 0.6 is 21.9 Å². The van der Waals surface area contributed by atoms with E-state index < -0.39 is 61.1 Å². The SMILES string of the molecule is CCCCCCCCCCCCCP12(CCCCCCCCCCCCC)Oc3c(C)c(c(c(C(C)(C)C)c3O)O1)C1(c3cc(C(C)(C)C)c(O)cc3C)OP3(CCCCCCCCCCCCC)(CCCCCCCCCCCCC)OC1(O3)C1(c3cc(C(C)(C)C)c(O)cc3C)OP3(CCCCCCCCCCCCC)(CCCCCCCCCCCCC)OC1(O2)O3. The number of hydrogen-bond donors (Lipinski definition) is 3. The Morgan fingerprint density at radius 1 is 0.262 bits per heavy atom. The van der Waals surface area contributed by atoms with Gasteiger partial charge in [0.25, 0.3) is 0 Å². The number of phenolic OH excluding ortho intramolecular Hbond substituents is 3. The van der Waals surface area contributed by atoms with Gasteiger partial charge < -0.3 is 0 Å². The van der Waals surface area contributed by atoms with Gasteiger partial charge in [-0.2, -0.15) is 0 Å². The summed E-state index contributed by atoms with van der Waals surface area (Å²) in [4.78, 5) is 0. The fourth-order valence-electron chi connectivity index (χ4n) is 23.7. The summed E-state index contributed by atoms with van der Waals surface area (Å²) in [7, 11) is -14.5. The van der Waals surface area contributed by atoms with Crippen LogP contribution in [0.4, 0.5) is 0 Å². The van der Waals surface area contributed by atoms with Crippen molar-refractivity contribution in [3.05, 3.63) is 74.3 Å². The molecule has 9 aliphatic heterocycles. The van der Waals surface area contributed by atoms with Crippen molar-refractivity contribution in [3.8, 4) is 28.7 Å². The average molecular weight is 1870 g/mol. The minimum absolute atomic E-state index is 0.0630. The fraction of sp³-hybridized carbons (Fsp3) is 0.843. The second-order valence-electron chi connectivity index (χ2n) is 46.1. The molecule has 6 saturated heterocycles. The Hall–Kier alpha value is -2.33. The first kappa shape index (κ1) is 111. The Balaban J connectivity index is 1.38. The van der Waals surface area contributed by atoms with Gasteiger partial charge in [-0.25, -0.2) is 0 Å². The van der Waals surface area contributed by atoms with E-state index in [2.05, 4.69) is 137 Å². The summed E-state index contributed by atoms with van der Waals surface area (Å²) in [5.41, 5.74) is 0.648. The molecule has 0 aliphatic carbocycles. The van der Waals surface area contributed by atoms with Crippen LogP contribution in [0.2, 0.25) is 0 Å². The van der Waals surface area contributed by atoms with E-state index in [0.717, 1.165) is 162 Å². The predicted octanol–water partition coefficient (Wildman–Crippen LogP) is 38.8. The second kappa shape index (κ2) is 51.7. The molecule has 9 aliphatic rings. The zero-order chi connectivity index (χ0) is 94.0. The summed E-state index contributed by atoms with van der Waals surface area (Å²) in [6.45, 7) is 40.2. The molecule has 15 heteroatoms. The summed E-state index contributed by atoms with van der Waals surface area (Å²) in [5, 5.41) is 40.4. The number of benzene rings is 3. The van der Waals surface area contributed by atoms with Crippen molar-refractivity contribution < 1.29 is 56.0 Å². The van der Waals surface area contributed by atoms with E-state index in [9.17, 15) is 37.9 Å². The predicted molar refractivity (Wildman–Crippen MR) is 560 cm³/mol. The van der Waals surface area contributed by atoms with Gasteiger partial charge in [0.1, 0.15) is 0 Å². The van der Waals surface area contributed by atoms with Crippen LogP contribution in [0.25, 0.3) is 0 Å². The molecule has 2 unspecified atom stereocenters. The van der Waals surface area contributed by atoms with E-state index in [1.54, 1.807) is 0 Å². The van der Waals surface area contributed by atoms with Crippen LogP contribution in [0.3, 0.4) is 0 Å². The summed E-state index contributed by atoms with van der Waals surface area (Å²) in [6, 6.07) is 8.45. The van der Waals surface area contributed by atoms with E-state index in [1.165, 1.54) is 295 Å². The van der Waals surface area contributed by atoms with Gasteiger partial charge in [0.15, 0.2) is 0 Å². The third-order valence-corrected chi connectivity index (χ3v) is 44.1. The number of unbranched alkanes of at least 4 members (excludes halogenated alkanes) is 60. The van der Waals surface area contributed by atoms with Crippen molar-refractivity contribution in [2.24, 2.45) is 0 Å². The molecule has 130 heavy (non-hydrogen) atoms. The first-order valence-corrected chi connectivity index (χ1v) is 63.4. The molecule has 8 bridgehead atoms. The van der Waals surface area contributed by atoms with Gasteiger partial charge in [-0.05, 0) is 0 Å². The van der Waals surface area contributed by atoms with E-state index >= 15 is 0 Å². The van der Waals surface area contributed by atoms with Gasteiger partial charge in [-0.3, -0.25) is 0 Å². The molecule has 2 atom stereocenters. The molecule has 12 rings (SSSR count). The van der Waals surface area contributed by atoms with Gasteiger partial charge in [-0.15, -0.1) is 0 Å². The molecule has 2 spiro atoms. The zero-order valence-corrected chi connectivity index (χ0v) is 90.8. The third-order valence-electron chi connectivity index (χ3n) is 31.2. The Morgan fingerprint density at radius 2 is 0.500 bits per heavy atom. The fourth-order valence-corrected chi connectivity index (χ4v) is 38.3. The van der Waals surface area contributed by atoms with Crippen molar-refractivity contribution in [3.63, 3.8) is 0 Å². The molecule has 752 valence electrons. The van der Waals surface area contributed by atoms with Crippen molar-refractivity contribution in [2.75, 3.05) is 37.0 Å². The second-order valence-corrected chi connectivity index (χ2v) is 57.7. The van der Waals surface area contributed by atoms with Crippen LogP contribution in [0.5, 0.6) is 28.7 Å². The number of phenols is 3. The van der Waals surface area contributed by atoms with Crippen LogP contribution < -0.4 is 9.05 Å². The molecule has 0 amide bonds. The van der Waals surface area contributed by atoms with Gasteiger partial charge in [0, 0.05) is 0 Å². The minimum atomic E-state index is -5.18. The molecule has 0 saturated carbocycles. The molecular weight excluding hydrogens is 1670 g/mol. The van der Waals surface area contributed by atoms with E-state index in [-0.39, 0.29) is 17.2 Å². The standard InChI is InChI=1S/C115H205O12P3/c1-19-25-31-37-43-49-55-61-67-73-79-85-128(86-80-74-68-62-56-50-44-38-32-26-20-2)119-107-97(9)104(108(120-128)105(106(107)118)111(16,17)18)112(98-93-100(109(10,11)12)102(116)91-95(98)7)114(123-129(121-112,124-114,87-81-75-69-63-57-51-45-39-33-27-21-3)88-82-76-70-64-58-52-46-40-34-28-22-4)113(99-94-101(110(13,14)15)103(117)92-96(99)8)115(125-128)126-130(122-113,127-115,89-83-77-71-65-59-53-47-41-35-29-23-5)90-84-78-72-66-60-54-48-42-36-30-24-6/h91-94,116-118H,19-90H2,1-18H3. The Labute approximate surface area is 800 Å². The van der Waals surface area contributed by atoms with E-state index in [4.69, 9.17) is 18.1 Å². The molecule has 0 radical (unpaired) electrons. The van der Waals surface area contributed by atoms with Gasteiger partial charge in [-0.1, -0.05) is 41.5 Å². The normalized spacial score (nSPS) is 22.5. The summed E-state index contributed by atoms with van der Waals surface area (Å²) < 4.78 is 82.7. The molecule has 0 aromatic heterocycles. The summed E-state index contributed by atoms with van der Waals surface area (Å²) in [5.74, 6) is -3.02. The topological polar surface area (TPSA) is 144 Å². The van der Waals surface area contributed by atoms with Crippen molar-refractivity contribution in [1.29, 1.82) is 0 Å². The van der Waals surface area contributed by atoms with Crippen LogP contribution in [0.15, 0.2) is 24.3 Å². The Bertz CT molecular complexity index is 3710. The van der Waals surface area contributed by atoms with Crippen molar-refractivity contribution in [2.45, 2.75) is 588 Å². The number of aromatic hydroxyl groups is 3. The van der Waals surface area contributed by atoms with Crippen molar-refractivity contribution in [1.82, 2.24) is 0 Å². The average Bonchev–Trinajstić information content (AvgIpc) is 1.40. The van der Waals surface area contributed by atoms with Gasteiger partial charge in [0.05, 0.1) is 0 Å². The van der Waals surface area contributed by atoms with Gasteiger partial charge >= 0.3 is 764 Å². The molecule has 3 aromatic carbocycles. The number of hydrogen-bond acceptors (Lipinski definition) is 12. The molecule has 12 nitrogen and oxygen atoms in total. The van der Waals surface area contributed by atoms with E-state index in [1.807, 2.05) is 12.1 Å². The first-order chi connectivity index (χ1) is 62.3. The summed E-state index contributed by atoms with van der Waals surface area (Å²) >= 11 is 0. The molecule has 6 fully saturated rings. The van der Waals surface area contributed by atoms with Crippen LogP contribution in [0, 0.1) is 20.8 Å². The Kier molecular flexibility index (Phi) is 44.3. The molecule has 3 N–H and O–H groups in total. The molecule has 3 aromatic rings.